The predicted molar refractivity (Wildman–Crippen MR) is 72.9 cm³/mol. The summed E-state index contributed by atoms with van der Waals surface area (Å²) in [7, 11) is 0. The second kappa shape index (κ2) is 6.57. The Bertz CT molecular complexity index is 569. The molecule has 0 spiro atoms. The Labute approximate surface area is 116 Å². The summed E-state index contributed by atoms with van der Waals surface area (Å²) in [5, 5.41) is 3.16. The molecule has 1 atom stereocenters. The first-order valence-corrected chi connectivity index (χ1v) is 6.56. The third kappa shape index (κ3) is 3.20. The number of halogens is 3. The van der Waals surface area contributed by atoms with Crippen molar-refractivity contribution in [1.82, 2.24) is 5.32 Å². The highest BCUT2D eigenvalue weighted by atomic mass is 19.2. The Morgan fingerprint density at radius 1 is 0.950 bits per heavy atom. The molecule has 0 amide bonds. The Hall–Kier alpha value is -1.81. The molecule has 0 aliphatic heterocycles. The fourth-order valence-electron chi connectivity index (χ4n) is 2.10. The SMILES string of the molecule is CCCNC(c1ccccc1)c1cc(F)c(F)cc1F. The van der Waals surface area contributed by atoms with Crippen LogP contribution in [0.4, 0.5) is 13.2 Å². The largest absolute Gasteiger partial charge is 0.306 e. The van der Waals surface area contributed by atoms with Gasteiger partial charge >= 0.3 is 0 Å². The Morgan fingerprint density at radius 3 is 2.25 bits per heavy atom. The van der Waals surface area contributed by atoms with Gasteiger partial charge in [-0.2, -0.15) is 0 Å². The van der Waals surface area contributed by atoms with Crippen molar-refractivity contribution in [3.63, 3.8) is 0 Å². The van der Waals surface area contributed by atoms with Crippen LogP contribution in [-0.2, 0) is 0 Å². The number of nitrogens with one attached hydrogen (secondary N) is 1. The molecule has 0 aliphatic carbocycles. The number of benzene rings is 2. The zero-order valence-corrected chi connectivity index (χ0v) is 11.2. The molecule has 0 aromatic heterocycles. The molecular weight excluding hydrogens is 263 g/mol. The van der Waals surface area contributed by atoms with E-state index in [0.29, 0.717) is 12.6 Å². The van der Waals surface area contributed by atoms with E-state index in [1.807, 2.05) is 37.3 Å². The van der Waals surface area contributed by atoms with Crippen LogP contribution in [0.1, 0.15) is 30.5 Å². The molecule has 0 saturated carbocycles. The summed E-state index contributed by atoms with van der Waals surface area (Å²) in [5.74, 6) is -2.96. The molecule has 0 fully saturated rings. The lowest BCUT2D eigenvalue weighted by Gasteiger charge is -2.20. The molecule has 2 rings (SSSR count). The molecule has 106 valence electrons. The van der Waals surface area contributed by atoms with Gasteiger partial charge in [-0.15, -0.1) is 0 Å². The summed E-state index contributed by atoms with van der Waals surface area (Å²) >= 11 is 0. The fraction of sp³-hybridized carbons (Fsp3) is 0.250. The highest BCUT2D eigenvalue weighted by Gasteiger charge is 2.19. The first-order valence-electron chi connectivity index (χ1n) is 6.56. The van der Waals surface area contributed by atoms with Crippen LogP contribution in [0.25, 0.3) is 0 Å². The Morgan fingerprint density at radius 2 is 1.60 bits per heavy atom. The molecule has 0 aliphatic rings. The minimum absolute atomic E-state index is 0.114. The monoisotopic (exact) mass is 279 g/mol. The molecule has 4 heteroatoms. The lowest BCUT2D eigenvalue weighted by Crippen LogP contribution is -2.24. The van der Waals surface area contributed by atoms with Gasteiger partial charge in [0.05, 0.1) is 6.04 Å². The predicted octanol–water partition coefficient (Wildman–Crippen LogP) is 4.19. The van der Waals surface area contributed by atoms with Crippen LogP contribution in [0.2, 0.25) is 0 Å². The van der Waals surface area contributed by atoms with E-state index in [-0.39, 0.29) is 5.56 Å². The maximum Gasteiger partial charge on any atom is 0.161 e. The van der Waals surface area contributed by atoms with Gasteiger partial charge in [0.15, 0.2) is 11.6 Å². The van der Waals surface area contributed by atoms with Crippen molar-refractivity contribution in [3.05, 3.63) is 71.0 Å². The molecular formula is C16H16F3N. The quantitative estimate of drug-likeness (QED) is 0.809. The van der Waals surface area contributed by atoms with E-state index in [0.717, 1.165) is 18.1 Å². The molecule has 1 nitrogen and oxygen atoms in total. The molecule has 1 unspecified atom stereocenters. The third-order valence-electron chi connectivity index (χ3n) is 3.08. The summed E-state index contributed by atoms with van der Waals surface area (Å²) < 4.78 is 40.4. The number of hydrogen-bond acceptors (Lipinski definition) is 1. The van der Waals surface area contributed by atoms with Crippen LogP contribution in [0.15, 0.2) is 42.5 Å². The van der Waals surface area contributed by atoms with Crippen molar-refractivity contribution in [1.29, 1.82) is 0 Å². The van der Waals surface area contributed by atoms with Crippen LogP contribution in [-0.4, -0.2) is 6.54 Å². The van der Waals surface area contributed by atoms with Gasteiger partial charge in [0.1, 0.15) is 5.82 Å². The lowest BCUT2D eigenvalue weighted by molar-refractivity contribution is 0.479. The van der Waals surface area contributed by atoms with Crippen molar-refractivity contribution < 1.29 is 13.2 Å². The number of hydrogen-bond donors (Lipinski definition) is 1. The van der Waals surface area contributed by atoms with E-state index >= 15 is 0 Å². The van der Waals surface area contributed by atoms with Crippen LogP contribution in [0.5, 0.6) is 0 Å². The normalized spacial score (nSPS) is 12.4. The van der Waals surface area contributed by atoms with E-state index in [4.69, 9.17) is 0 Å². The average molecular weight is 279 g/mol. The van der Waals surface area contributed by atoms with E-state index < -0.39 is 23.5 Å². The molecule has 1 N–H and O–H groups in total. The summed E-state index contributed by atoms with van der Waals surface area (Å²) in [4.78, 5) is 0. The van der Waals surface area contributed by atoms with Crippen LogP contribution in [0.3, 0.4) is 0 Å². The van der Waals surface area contributed by atoms with Gasteiger partial charge in [0.2, 0.25) is 0 Å². The minimum atomic E-state index is -1.17. The van der Waals surface area contributed by atoms with Crippen molar-refractivity contribution >= 4 is 0 Å². The molecule has 0 saturated heterocycles. The van der Waals surface area contributed by atoms with E-state index in [1.54, 1.807) is 0 Å². The molecule has 0 heterocycles. The summed E-state index contributed by atoms with van der Waals surface area (Å²) in [5.41, 5.74) is 0.925. The van der Waals surface area contributed by atoms with Gasteiger partial charge in [0.25, 0.3) is 0 Å². The van der Waals surface area contributed by atoms with Gasteiger partial charge in [-0.1, -0.05) is 37.3 Å². The van der Waals surface area contributed by atoms with Crippen molar-refractivity contribution in [2.75, 3.05) is 6.54 Å². The molecule has 2 aromatic carbocycles. The van der Waals surface area contributed by atoms with Gasteiger partial charge in [-0.25, -0.2) is 13.2 Å². The van der Waals surface area contributed by atoms with Crippen LogP contribution in [0, 0.1) is 17.5 Å². The number of rotatable bonds is 5. The highest BCUT2D eigenvalue weighted by Crippen LogP contribution is 2.26. The topological polar surface area (TPSA) is 12.0 Å². The maximum atomic E-state index is 13.9. The van der Waals surface area contributed by atoms with Gasteiger partial charge in [0, 0.05) is 11.6 Å². The van der Waals surface area contributed by atoms with Gasteiger partial charge < -0.3 is 5.32 Å². The zero-order chi connectivity index (χ0) is 14.5. The van der Waals surface area contributed by atoms with Crippen molar-refractivity contribution in [2.24, 2.45) is 0 Å². The zero-order valence-electron chi connectivity index (χ0n) is 11.2. The maximum absolute atomic E-state index is 13.9. The molecule has 2 aromatic rings. The minimum Gasteiger partial charge on any atom is -0.306 e. The van der Waals surface area contributed by atoms with E-state index in [9.17, 15) is 13.2 Å². The molecule has 20 heavy (non-hydrogen) atoms. The van der Waals surface area contributed by atoms with Gasteiger partial charge in [-0.05, 0) is 24.6 Å². The van der Waals surface area contributed by atoms with Crippen molar-refractivity contribution in [2.45, 2.75) is 19.4 Å². The van der Waals surface area contributed by atoms with E-state index in [1.165, 1.54) is 0 Å². The Balaban J connectivity index is 2.44. The first kappa shape index (κ1) is 14.6. The third-order valence-corrected chi connectivity index (χ3v) is 3.08. The van der Waals surface area contributed by atoms with Crippen LogP contribution >= 0.6 is 0 Å². The van der Waals surface area contributed by atoms with Gasteiger partial charge in [-0.3, -0.25) is 0 Å². The molecule has 0 bridgehead atoms. The average Bonchev–Trinajstić information content (AvgIpc) is 2.45. The van der Waals surface area contributed by atoms with E-state index in [2.05, 4.69) is 5.32 Å². The lowest BCUT2D eigenvalue weighted by atomic mass is 9.98. The standard InChI is InChI=1S/C16H16F3N/c1-2-8-20-16(11-6-4-3-5-7-11)12-9-14(18)15(19)10-13(12)17/h3-7,9-10,16,20H,2,8H2,1H3. The summed E-state index contributed by atoms with van der Waals surface area (Å²) in [6.45, 7) is 2.63. The first-order chi connectivity index (χ1) is 9.63. The summed E-state index contributed by atoms with van der Waals surface area (Å²) in [6.07, 6.45) is 0.856. The second-order valence-electron chi connectivity index (χ2n) is 4.59. The fourth-order valence-corrected chi connectivity index (χ4v) is 2.10. The molecule has 0 radical (unpaired) electrons. The van der Waals surface area contributed by atoms with Crippen LogP contribution < -0.4 is 5.32 Å². The Kier molecular flexibility index (Phi) is 4.79. The smallest absolute Gasteiger partial charge is 0.161 e. The second-order valence-corrected chi connectivity index (χ2v) is 4.59. The van der Waals surface area contributed by atoms with Crippen molar-refractivity contribution in [3.8, 4) is 0 Å². The highest BCUT2D eigenvalue weighted by molar-refractivity contribution is 5.33. The summed E-state index contributed by atoms with van der Waals surface area (Å²) in [6, 6.07) is 10.2.